The second kappa shape index (κ2) is 7.09. The Balaban J connectivity index is 3.23. The number of ether oxygens (including phenoxy) is 1. The van der Waals surface area contributed by atoms with Crippen LogP contribution in [0.25, 0.3) is 0 Å². The maximum atomic E-state index is 11.9. The van der Waals surface area contributed by atoms with Crippen LogP contribution in [-0.2, 0) is 9.53 Å². The van der Waals surface area contributed by atoms with Gasteiger partial charge in [-0.1, -0.05) is 0 Å². The van der Waals surface area contributed by atoms with E-state index in [-0.39, 0.29) is 47.5 Å². The average molecular weight is 302 g/mol. The summed E-state index contributed by atoms with van der Waals surface area (Å²) in [4.78, 5) is 35.1. The Morgan fingerprint density at radius 2 is 1.95 bits per heavy atom. The summed E-state index contributed by atoms with van der Waals surface area (Å²) in [6.07, 6.45) is 0.0684. The first-order valence-electron chi connectivity index (χ1n) is 6.09. The molecule has 0 saturated heterocycles. The largest absolute Gasteiger partial charge is 0.462 e. The highest BCUT2D eigenvalue weighted by atomic mass is 35.5. The number of furan rings is 1. The van der Waals surface area contributed by atoms with Crippen molar-refractivity contribution in [2.75, 3.05) is 17.8 Å². The Hall–Kier alpha value is -1.82. The van der Waals surface area contributed by atoms with Gasteiger partial charge in [0.2, 0.25) is 11.8 Å². The normalized spacial score (nSPS) is 10.2. The summed E-state index contributed by atoms with van der Waals surface area (Å²) < 4.78 is 10.2. The van der Waals surface area contributed by atoms with E-state index in [1.807, 2.05) is 0 Å². The summed E-state index contributed by atoms with van der Waals surface area (Å²) in [6.45, 7) is 4.64. The van der Waals surface area contributed by atoms with Crippen LogP contribution in [0, 0.1) is 6.92 Å². The predicted octanol–water partition coefficient (Wildman–Crippen LogP) is 2.53. The Bertz CT molecular complexity index is 535. The topological polar surface area (TPSA) is 85.6 Å². The third-order valence-corrected chi connectivity index (χ3v) is 2.68. The van der Waals surface area contributed by atoms with E-state index in [1.54, 1.807) is 6.92 Å². The van der Waals surface area contributed by atoms with Crippen LogP contribution < -0.4 is 5.32 Å². The molecule has 0 fully saturated rings. The molecule has 110 valence electrons. The molecule has 0 bridgehead atoms. The molecule has 1 N–H and O–H groups in total. The Morgan fingerprint density at radius 3 is 2.45 bits per heavy atom. The quantitative estimate of drug-likeness (QED) is 0.496. The van der Waals surface area contributed by atoms with Crippen molar-refractivity contribution in [1.29, 1.82) is 0 Å². The van der Waals surface area contributed by atoms with Crippen molar-refractivity contribution in [3.63, 3.8) is 0 Å². The van der Waals surface area contributed by atoms with E-state index in [4.69, 9.17) is 20.8 Å². The standard InChI is InChI=1S/C13H16ClNO5/c1-4-19-13(18)11-10(7(2)16)8(3)20-12(11)15-9(17)5-6-14/h4-6H2,1-3H3,(H,15,17). The highest BCUT2D eigenvalue weighted by Gasteiger charge is 2.28. The van der Waals surface area contributed by atoms with Crippen LogP contribution in [0.5, 0.6) is 0 Å². The molecule has 0 aliphatic rings. The molecule has 0 aliphatic carbocycles. The van der Waals surface area contributed by atoms with Gasteiger partial charge in [-0.15, -0.1) is 11.6 Å². The smallest absolute Gasteiger partial charge is 0.344 e. The van der Waals surface area contributed by atoms with Crippen LogP contribution in [0.1, 0.15) is 46.7 Å². The second-order valence-electron chi connectivity index (χ2n) is 4.00. The summed E-state index contributed by atoms with van der Waals surface area (Å²) in [5, 5.41) is 2.42. The number of anilines is 1. The number of carbonyl (C=O) groups excluding carboxylic acids is 3. The lowest BCUT2D eigenvalue weighted by Gasteiger charge is -2.05. The third-order valence-electron chi connectivity index (χ3n) is 2.49. The Kier molecular flexibility index (Phi) is 5.76. The Morgan fingerprint density at radius 1 is 1.30 bits per heavy atom. The molecule has 0 aromatic carbocycles. The van der Waals surface area contributed by atoms with Crippen molar-refractivity contribution < 1.29 is 23.5 Å². The van der Waals surface area contributed by atoms with Gasteiger partial charge < -0.3 is 9.15 Å². The van der Waals surface area contributed by atoms with Gasteiger partial charge in [0.15, 0.2) is 5.78 Å². The molecule has 7 heteroatoms. The minimum Gasteiger partial charge on any atom is -0.462 e. The molecule has 1 aromatic rings. The highest BCUT2D eigenvalue weighted by Crippen LogP contribution is 2.28. The van der Waals surface area contributed by atoms with Crippen molar-refractivity contribution in [3.05, 3.63) is 16.9 Å². The molecule has 1 aromatic heterocycles. The number of rotatable bonds is 6. The van der Waals surface area contributed by atoms with Crippen LogP contribution in [0.2, 0.25) is 0 Å². The summed E-state index contributed by atoms with van der Waals surface area (Å²) in [5.74, 6) is -1.15. The fourth-order valence-electron chi connectivity index (χ4n) is 1.73. The number of Topliss-reactive ketones (excluding diaryl/α,β-unsaturated/α-hetero) is 1. The first-order chi connectivity index (χ1) is 9.42. The fourth-order valence-corrected chi connectivity index (χ4v) is 1.90. The van der Waals surface area contributed by atoms with E-state index in [9.17, 15) is 14.4 Å². The number of aryl methyl sites for hydroxylation is 1. The zero-order valence-corrected chi connectivity index (χ0v) is 12.3. The minimum atomic E-state index is -0.712. The van der Waals surface area contributed by atoms with Crippen molar-refractivity contribution in [2.24, 2.45) is 0 Å². The van der Waals surface area contributed by atoms with Crippen molar-refractivity contribution >= 4 is 35.1 Å². The van der Waals surface area contributed by atoms with Crippen molar-refractivity contribution in [1.82, 2.24) is 0 Å². The van der Waals surface area contributed by atoms with Crippen LogP contribution >= 0.6 is 11.6 Å². The average Bonchev–Trinajstić information content (AvgIpc) is 2.66. The first-order valence-corrected chi connectivity index (χ1v) is 6.63. The maximum absolute atomic E-state index is 11.9. The molecule has 20 heavy (non-hydrogen) atoms. The van der Waals surface area contributed by atoms with Gasteiger partial charge in [-0.2, -0.15) is 0 Å². The summed E-state index contributed by atoms with van der Waals surface area (Å²) >= 11 is 5.46. The number of esters is 1. The lowest BCUT2D eigenvalue weighted by Crippen LogP contribution is -2.16. The van der Waals surface area contributed by atoms with E-state index < -0.39 is 11.9 Å². The fraction of sp³-hybridized carbons (Fsp3) is 0.462. The number of alkyl halides is 1. The first kappa shape index (κ1) is 16.2. The van der Waals surface area contributed by atoms with Crippen molar-refractivity contribution in [2.45, 2.75) is 27.2 Å². The number of amides is 1. The molecule has 0 spiro atoms. The van der Waals surface area contributed by atoms with Gasteiger partial charge in [-0.25, -0.2) is 4.79 Å². The molecule has 1 heterocycles. The molecule has 1 rings (SSSR count). The van der Waals surface area contributed by atoms with Crippen LogP contribution in [0.15, 0.2) is 4.42 Å². The Labute approximate surface area is 121 Å². The van der Waals surface area contributed by atoms with E-state index in [0.29, 0.717) is 0 Å². The molecule has 0 aliphatic heterocycles. The summed E-state index contributed by atoms with van der Waals surface area (Å²) in [6, 6.07) is 0. The van der Waals surface area contributed by atoms with Crippen LogP contribution in [-0.4, -0.2) is 30.1 Å². The van der Waals surface area contributed by atoms with Gasteiger partial charge in [-0.3, -0.25) is 14.9 Å². The highest BCUT2D eigenvalue weighted by molar-refractivity contribution is 6.19. The number of carbonyl (C=O) groups is 3. The van der Waals surface area contributed by atoms with Gasteiger partial charge in [0.25, 0.3) is 0 Å². The molecular formula is C13H16ClNO5. The van der Waals surface area contributed by atoms with E-state index >= 15 is 0 Å². The van der Waals surface area contributed by atoms with Gasteiger partial charge in [0.05, 0.1) is 12.2 Å². The predicted molar refractivity (Wildman–Crippen MR) is 73.4 cm³/mol. The molecule has 0 radical (unpaired) electrons. The van der Waals surface area contributed by atoms with Gasteiger partial charge in [-0.05, 0) is 20.8 Å². The molecule has 0 atom stereocenters. The van der Waals surface area contributed by atoms with Crippen LogP contribution in [0.4, 0.5) is 5.88 Å². The molecule has 6 nitrogen and oxygen atoms in total. The zero-order valence-electron chi connectivity index (χ0n) is 11.5. The minimum absolute atomic E-state index is 0.0558. The second-order valence-corrected chi connectivity index (χ2v) is 4.38. The van der Waals surface area contributed by atoms with Gasteiger partial charge in [0, 0.05) is 12.3 Å². The molecule has 0 unspecified atom stereocenters. The van der Waals surface area contributed by atoms with Crippen LogP contribution in [0.3, 0.4) is 0 Å². The van der Waals surface area contributed by atoms with E-state index in [2.05, 4.69) is 5.32 Å². The van der Waals surface area contributed by atoms with Crippen molar-refractivity contribution in [3.8, 4) is 0 Å². The number of nitrogens with one attached hydrogen (secondary N) is 1. The third kappa shape index (κ3) is 3.60. The molecular weight excluding hydrogens is 286 g/mol. The van der Waals surface area contributed by atoms with Gasteiger partial charge >= 0.3 is 5.97 Å². The molecule has 0 saturated carbocycles. The number of hydrogen-bond donors (Lipinski definition) is 1. The number of hydrogen-bond acceptors (Lipinski definition) is 5. The molecule has 1 amide bonds. The van der Waals surface area contributed by atoms with Gasteiger partial charge in [0.1, 0.15) is 11.3 Å². The SMILES string of the molecule is CCOC(=O)c1c(NC(=O)CCCl)oc(C)c1C(C)=O. The lowest BCUT2D eigenvalue weighted by molar-refractivity contribution is -0.115. The lowest BCUT2D eigenvalue weighted by atomic mass is 10.1. The number of halogens is 1. The zero-order chi connectivity index (χ0) is 15.3. The summed E-state index contributed by atoms with van der Waals surface area (Å²) in [7, 11) is 0. The number of ketones is 1. The maximum Gasteiger partial charge on any atom is 0.344 e. The van der Waals surface area contributed by atoms with E-state index in [1.165, 1.54) is 13.8 Å². The van der Waals surface area contributed by atoms with E-state index in [0.717, 1.165) is 0 Å². The summed E-state index contributed by atoms with van der Waals surface area (Å²) in [5.41, 5.74) is 0.0596. The monoisotopic (exact) mass is 301 g/mol.